The maximum Gasteiger partial charge on any atom is 0.238 e. The predicted molar refractivity (Wildman–Crippen MR) is 87.3 cm³/mol. The summed E-state index contributed by atoms with van der Waals surface area (Å²) < 4.78 is 27.9. The molecule has 0 bridgehead atoms. The molecule has 3 N–H and O–H groups in total. The molecule has 0 aliphatic carbocycles. The molecule has 0 fully saturated rings. The van der Waals surface area contributed by atoms with E-state index in [4.69, 9.17) is 9.88 Å². The molecule has 0 radical (unpaired) electrons. The van der Waals surface area contributed by atoms with Gasteiger partial charge in [0.15, 0.2) is 0 Å². The Morgan fingerprint density at radius 1 is 1.05 bits per heavy atom. The lowest BCUT2D eigenvalue weighted by atomic mass is 10.2. The van der Waals surface area contributed by atoms with Crippen molar-refractivity contribution in [1.82, 2.24) is 0 Å². The smallest absolute Gasteiger partial charge is 0.238 e. The second-order valence-corrected chi connectivity index (χ2v) is 6.79. The van der Waals surface area contributed by atoms with Crippen molar-refractivity contribution in [3.63, 3.8) is 0 Å². The second kappa shape index (κ2) is 6.81. The Kier molecular flexibility index (Phi) is 5.05. The zero-order chi connectivity index (χ0) is 16.2. The van der Waals surface area contributed by atoms with E-state index in [2.05, 4.69) is 5.32 Å². The number of anilines is 1. The number of nitrogens with one attached hydrogen (secondary N) is 1. The molecule has 6 heteroatoms. The van der Waals surface area contributed by atoms with E-state index in [0.29, 0.717) is 6.54 Å². The van der Waals surface area contributed by atoms with Crippen LogP contribution in [0.25, 0.3) is 0 Å². The normalized spacial score (nSPS) is 11.5. The van der Waals surface area contributed by atoms with Gasteiger partial charge < -0.3 is 10.1 Å². The number of rotatable bonds is 6. The van der Waals surface area contributed by atoms with Crippen LogP contribution in [0.4, 0.5) is 5.69 Å². The topological polar surface area (TPSA) is 81.4 Å². The van der Waals surface area contributed by atoms with Crippen LogP contribution in [0.1, 0.15) is 19.4 Å². The first-order valence-electron chi connectivity index (χ1n) is 6.97. The van der Waals surface area contributed by atoms with E-state index in [1.165, 1.54) is 12.1 Å². The van der Waals surface area contributed by atoms with Gasteiger partial charge in [-0.25, -0.2) is 13.6 Å². The van der Waals surface area contributed by atoms with Crippen molar-refractivity contribution in [3.8, 4) is 5.75 Å². The highest BCUT2D eigenvalue weighted by molar-refractivity contribution is 7.89. The van der Waals surface area contributed by atoms with Crippen LogP contribution in [-0.2, 0) is 16.6 Å². The molecule has 0 unspecified atom stereocenters. The summed E-state index contributed by atoms with van der Waals surface area (Å²) in [5.74, 6) is 0.844. The Balaban J connectivity index is 1.95. The van der Waals surface area contributed by atoms with E-state index in [1.807, 2.05) is 38.1 Å². The van der Waals surface area contributed by atoms with Crippen molar-refractivity contribution in [3.05, 3.63) is 54.1 Å². The lowest BCUT2D eigenvalue weighted by Crippen LogP contribution is -2.12. The molecular weight excluding hydrogens is 300 g/mol. The van der Waals surface area contributed by atoms with Gasteiger partial charge in [-0.2, -0.15) is 0 Å². The number of hydrogen-bond acceptors (Lipinski definition) is 4. The molecule has 2 aromatic rings. The van der Waals surface area contributed by atoms with Gasteiger partial charge in [-0.15, -0.1) is 0 Å². The average molecular weight is 320 g/mol. The number of nitrogens with two attached hydrogens (primary N) is 1. The molecule has 0 amide bonds. The van der Waals surface area contributed by atoms with Crippen LogP contribution < -0.4 is 15.2 Å². The molecule has 0 aliphatic heterocycles. The lowest BCUT2D eigenvalue weighted by Gasteiger charge is -2.11. The first kappa shape index (κ1) is 16.3. The standard InChI is InChI=1S/C16H20N2O3S/c1-12(2)21-15-7-3-13(4-8-15)11-18-14-5-9-16(10-6-14)22(17,19)20/h3-10,12,18H,11H2,1-2H3,(H2,17,19,20). The van der Waals surface area contributed by atoms with E-state index < -0.39 is 10.0 Å². The lowest BCUT2D eigenvalue weighted by molar-refractivity contribution is 0.242. The van der Waals surface area contributed by atoms with Crippen molar-refractivity contribution < 1.29 is 13.2 Å². The van der Waals surface area contributed by atoms with Crippen molar-refractivity contribution in [1.29, 1.82) is 0 Å². The minimum atomic E-state index is -3.64. The summed E-state index contributed by atoms with van der Waals surface area (Å²) in [4.78, 5) is 0.105. The number of primary sulfonamides is 1. The zero-order valence-electron chi connectivity index (χ0n) is 12.6. The molecule has 118 valence electrons. The number of sulfonamides is 1. The molecule has 0 atom stereocenters. The first-order chi connectivity index (χ1) is 10.3. The molecule has 0 aliphatic rings. The van der Waals surface area contributed by atoms with Crippen molar-refractivity contribution >= 4 is 15.7 Å². The van der Waals surface area contributed by atoms with Gasteiger partial charge in [0.2, 0.25) is 10.0 Å². The molecular formula is C16H20N2O3S. The van der Waals surface area contributed by atoms with E-state index in [-0.39, 0.29) is 11.0 Å². The van der Waals surface area contributed by atoms with Crippen LogP contribution in [0.3, 0.4) is 0 Å². The monoisotopic (exact) mass is 320 g/mol. The molecule has 5 nitrogen and oxygen atoms in total. The molecule has 2 rings (SSSR count). The Morgan fingerprint density at radius 2 is 1.64 bits per heavy atom. The third-order valence-electron chi connectivity index (χ3n) is 2.97. The van der Waals surface area contributed by atoms with Crippen molar-refractivity contribution in [2.24, 2.45) is 5.14 Å². The van der Waals surface area contributed by atoms with E-state index in [1.54, 1.807) is 12.1 Å². The first-order valence-corrected chi connectivity index (χ1v) is 8.51. The van der Waals surface area contributed by atoms with Gasteiger partial charge in [-0.1, -0.05) is 12.1 Å². The zero-order valence-corrected chi connectivity index (χ0v) is 13.4. The molecule has 2 aromatic carbocycles. The van der Waals surface area contributed by atoms with E-state index in [9.17, 15) is 8.42 Å². The number of ether oxygens (including phenoxy) is 1. The predicted octanol–water partition coefficient (Wildman–Crippen LogP) is 2.73. The van der Waals surface area contributed by atoms with E-state index in [0.717, 1.165) is 17.0 Å². The highest BCUT2D eigenvalue weighted by atomic mass is 32.2. The quantitative estimate of drug-likeness (QED) is 0.857. The maximum atomic E-state index is 11.2. The summed E-state index contributed by atoms with van der Waals surface area (Å²) in [5.41, 5.74) is 1.93. The SMILES string of the molecule is CC(C)Oc1ccc(CNc2ccc(S(N)(=O)=O)cc2)cc1. The number of benzene rings is 2. The van der Waals surface area contributed by atoms with Gasteiger partial charge in [-0.3, -0.25) is 0 Å². The van der Waals surface area contributed by atoms with Crippen LogP contribution in [-0.4, -0.2) is 14.5 Å². The van der Waals surface area contributed by atoms with Crippen molar-refractivity contribution in [2.45, 2.75) is 31.4 Å². The highest BCUT2D eigenvalue weighted by Crippen LogP contribution is 2.16. The van der Waals surface area contributed by atoms with Gasteiger partial charge in [0.25, 0.3) is 0 Å². The molecule has 0 aromatic heterocycles. The Morgan fingerprint density at radius 3 is 2.14 bits per heavy atom. The Hall–Kier alpha value is -2.05. The molecule has 0 saturated carbocycles. The van der Waals surface area contributed by atoms with Gasteiger partial charge in [0, 0.05) is 12.2 Å². The third-order valence-corrected chi connectivity index (χ3v) is 3.90. The summed E-state index contributed by atoms with van der Waals surface area (Å²) in [6, 6.07) is 14.2. The molecule has 22 heavy (non-hydrogen) atoms. The minimum Gasteiger partial charge on any atom is -0.491 e. The van der Waals surface area contributed by atoms with Crippen LogP contribution in [0.5, 0.6) is 5.75 Å². The van der Waals surface area contributed by atoms with Crippen LogP contribution >= 0.6 is 0 Å². The van der Waals surface area contributed by atoms with Gasteiger partial charge >= 0.3 is 0 Å². The molecule has 0 saturated heterocycles. The summed E-state index contributed by atoms with van der Waals surface area (Å²) in [7, 11) is -3.64. The maximum absolute atomic E-state index is 11.2. The largest absolute Gasteiger partial charge is 0.491 e. The fourth-order valence-corrected chi connectivity index (χ4v) is 2.44. The van der Waals surface area contributed by atoms with Crippen LogP contribution in [0.2, 0.25) is 0 Å². The van der Waals surface area contributed by atoms with Crippen molar-refractivity contribution in [2.75, 3.05) is 5.32 Å². The summed E-state index contributed by atoms with van der Waals surface area (Å²) in [5, 5.41) is 8.28. The average Bonchev–Trinajstić information content (AvgIpc) is 2.45. The summed E-state index contributed by atoms with van der Waals surface area (Å²) >= 11 is 0. The third kappa shape index (κ3) is 4.75. The van der Waals surface area contributed by atoms with Gasteiger partial charge in [-0.05, 0) is 55.8 Å². The molecule has 0 spiro atoms. The Bertz CT molecular complexity index is 708. The molecule has 0 heterocycles. The fraction of sp³-hybridized carbons (Fsp3) is 0.250. The van der Waals surface area contributed by atoms with Crippen LogP contribution in [0.15, 0.2) is 53.4 Å². The number of hydrogen-bond donors (Lipinski definition) is 2. The fourth-order valence-electron chi connectivity index (χ4n) is 1.92. The van der Waals surface area contributed by atoms with Gasteiger partial charge in [0.1, 0.15) is 5.75 Å². The van der Waals surface area contributed by atoms with Gasteiger partial charge in [0.05, 0.1) is 11.0 Å². The summed E-state index contributed by atoms with van der Waals surface area (Å²) in [6.45, 7) is 4.61. The van der Waals surface area contributed by atoms with Crippen LogP contribution in [0, 0.1) is 0 Å². The van der Waals surface area contributed by atoms with E-state index >= 15 is 0 Å². The second-order valence-electron chi connectivity index (χ2n) is 5.23. The summed E-state index contributed by atoms with van der Waals surface area (Å²) in [6.07, 6.45) is 0.154. The minimum absolute atomic E-state index is 0.105. The highest BCUT2D eigenvalue weighted by Gasteiger charge is 2.06. The Labute approximate surface area is 131 Å².